The molecule has 0 radical (unpaired) electrons. The van der Waals surface area contributed by atoms with Crippen LogP contribution in [0.3, 0.4) is 0 Å². The van der Waals surface area contributed by atoms with E-state index in [0.29, 0.717) is 5.39 Å². The molecule has 0 aliphatic heterocycles. The predicted molar refractivity (Wildman–Crippen MR) is 75.1 cm³/mol. The maximum Gasteiger partial charge on any atom is 0.416 e. The fourth-order valence-corrected chi connectivity index (χ4v) is 2.52. The molecule has 1 N–H and O–H groups in total. The molecule has 1 heterocycles. The van der Waals surface area contributed by atoms with Crippen molar-refractivity contribution in [3.05, 3.63) is 39.0 Å². The summed E-state index contributed by atoms with van der Waals surface area (Å²) in [7, 11) is 0. The van der Waals surface area contributed by atoms with Crippen LogP contribution in [0, 0.1) is 4.51 Å². The largest absolute Gasteiger partial charge is 0.462 e. The van der Waals surface area contributed by atoms with Gasteiger partial charge in [0.05, 0.1) is 16.7 Å². The Kier molecular flexibility index (Phi) is 4.25. The molecule has 0 aliphatic carbocycles. The number of esters is 1. The molecule has 0 unspecified atom stereocenters. The lowest BCUT2D eigenvalue weighted by Gasteiger charge is -2.10. The first kappa shape index (κ1) is 15.8. The number of hydrogen-bond donors (Lipinski definition) is 1. The Morgan fingerprint density at radius 1 is 1.43 bits per heavy atom. The number of H-pyrrole nitrogens is 1. The van der Waals surface area contributed by atoms with Crippen molar-refractivity contribution >= 4 is 40.7 Å². The molecular weight excluding hydrogens is 327 g/mol. The van der Waals surface area contributed by atoms with Crippen LogP contribution in [-0.2, 0) is 10.9 Å². The first-order chi connectivity index (χ1) is 9.75. The van der Waals surface area contributed by atoms with Gasteiger partial charge in [0.15, 0.2) is 0 Å². The second-order valence-electron chi connectivity index (χ2n) is 4.12. The van der Waals surface area contributed by atoms with Crippen molar-refractivity contribution in [2.45, 2.75) is 13.1 Å². The highest BCUT2D eigenvalue weighted by atomic mass is 35.5. The number of aromatic amines is 1. The number of pyridine rings is 1. The number of alkyl halides is 3. The summed E-state index contributed by atoms with van der Waals surface area (Å²) >= 11 is 11.0. The fraction of sp³-hybridized carbons (Fsp3) is 0.231. The summed E-state index contributed by atoms with van der Waals surface area (Å²) in [5, 5.41) is 0.149. The second kappa shape index (κ2) is 5.65. The number of carbonyl (C=O) groups is 1. The normalized spacial score (nSPS) is 11.7. The number of rotatable bonds is 2. The molecule has 0 amide bonds. The van der Waals surface area contributed by atoms with Crippen molar-refractivity contribution in [2.75, 3.05) is 6.61 Å². The maximum absolute atomic E-state index is 12.7. The van der Waals surface area contributed by atoms with Crippen molar-refractivity contribution < 1.29 is 22.7 Å². The highest BCUT2D eigenvalue weighted by Gasteiger charge is 2.30. The number of halogens is 4. The van der Waals surface area contributed by atoms with Crippen molar-refractivity contribution in [3.63, 3.8) is 0 Å². The zero-order valence-corrected chi connectivity index (χ0v) is 12.2. The van der Waals surface area contributed by atoms with Crippen LogP contribution in [0.25, 0.3) is 10.9 Å². The third kappa shape index (κ3) is 3.03. The number of fused-ring (bicyclic) bond motifs is 1. The summed E-state index contributed by atoms with van der Waals surface area (Å²) in [6, 6.07) is 3.00. The highest BCUT2D eigenvalue weighted by Crippen LogP contribution is 2.32. The summed E-state index contributed by atoms with van der Waals surface area (Å²) in [6.45, 7) is 1.75. The summed E-state index contributed by atoms with van der Waals surface area (Å²) in [5.74, 6) is -0.717. The minimum absolute atomic E-state index is 0.0548. The van der Waals surface area contributed by atoms with Gasteiger partial charge in [-0.2, -0.15) is 13.2 Å². The van der Waals surface area contributed by atoms with Crippen molar-refractivity contribution in [2.24, 2.45) is 0 Å². The van der Waals surface area contributed by atoms with Crippen molar-refractivity contribution in [1.29, 1.82) is 0 Å². The molecule has 0 aliphatic rings. The molecule has 0 spiro atoms. The topological polar surface area (TPSA) is 42.1 Å². The van der Waals surface area contributed by atoms with Crippen LogP contribution in [0.15, 0.2) is 18.2 Å². The van der Waals surface area contributed by atoms with Crippen molar-refractivity contribution in [3.8, 4) is 0 Å². The van der Waals surface area contributed by atoms with Crippen LogP contribution in [0.1, 0.15) is 22.8 Å². The summed E-state index contributed by atoms with van der Waals surface area (Å²) < 4.78 is 42.9. The molecular formula is C13H9ClF3NO2S. The molecule has 0 fully saturated rings. The van der Waals surface area contributed by atoms with E-state index >= 15 is 0 Å². The summed E-state index contributed by atoms with van der Waals surface area (Å²) in [4.78, 5) is 14.3. The Labute approximate surface area is 127 Å². The van der Waals surface area contributed by atoms with Gasteiger partial charge >= 0.3 is 12.1 Å². The number of benzene rings is 1. The smallest absolute Gasteiger partial charge is 0.416 e. The molecule has 3 nitrogen and oxygen atoms in total. The van der Waals surface area contributed by atoms with Gasteiger partial charge in [-0.1, -0.05) is 29.9 Å². The van der Waals surface area contributed by atoms with Gasteiger partial charge < -0.3 is 9.72 Å². The van der Waals surface area contributed by atoms with E-state index in [2.05, 4.69) is 4.98 Å². The van der Waals surface area contributed by atoms with Crippen molar-refractivity contribution in [1.82, 2.24) is 4.98 Å². The quantitative estimate of drug-likeness (QED) is 0.489. The summed E-state index contributed by atoms with van der Waals surface area (Å²) in [6.07, 6.45) is -4.48. The Bertz CT molecular complexity index is 770. The molecule has 1 aromatic heterocycles. The zero-order chi connectivity index (χ0) is 15.8. The van der Waals surface area contributed by atoms with Gasteiger partial charge in [-0.05, 0) is 19.1 Å². The predicted octanol–water partition coefficient (Wildman–Crippen LogP) is 4.75. The van der Waals surface area contributed by atoms with E-state index in [1.165, 1.54) is 6.07 Å². The Morgan fingerprint density at radius 3 is 2.67 bits per heavy atom. The summed E-state index contributed by atoms with van der Waals surface area (Å²) in [5.41, 5.74) is -0.783. The number of carbonyl (C=O) groups excluding carboxylic acids is 1. The van der Waals surface area contributed by atoms with Crippen LogP contribution in [0.5, 0.6) is 0 Å². The molecule has 8 heteroatoms. The van der Waals surface area contributed by atoms with E-state index in [9.17, 15) is 18.0 Å². The lowest BCUT2D eigenvalue weighted by molar-refractivity contribution is -0.137. The van der Waals surface area contributed by atoms with E-state index in [-0.39, 0.29) is 27.4 Å². The molecule has 112 valence electrons. The molecule has 0 saturated carbocycles. The van der Waals surface area contributed by atoms with Gasteiger partial charge in [0.2, 0.25) is 0 Å². The molecule has 0 saturated heterocycles. The van der Waals surface area contributed by atoms with Gasteiger partial charge in [-0.3, -0.25) is 0 Å². The van der Waals surface area contributed by atoms with E-state index in [0.717, 1.165) is 12.1 Å². The fourth-order valence-electron chi connectivity index (χ4n) is 1.82. The van der Waals surface area contributed by atoms with Gasteiger partial charge in [0, 0.05) is 10.9 Å². The standard InChI is InChI=1S/C13H9ClF3NO2S/c1-2-20-12(19)9-10(21)7-4-3-6(13(15,16)17)5-8(7)18-11(9)14/h3-5H,2H2,1H3,(H,18,21). The average Bonchev–Trinajstić information content (AvgIpc) is 2.37. The van der Waals surface area contributed by atoms with E-state index in [4.69, 9.17) is 28.6 Å². The number of ether oxygens (including phenoxy) is 1. The number of nitrogens with one attached hydrogen (secondary N) is 1. The molecule has 1 aromatic carbocycles. The second-order valence-corrected chi connectivity index (χ2v) is 4.91. The Balaban J connectivity index is 2.69. The molecule has 2 aromatic rings. The third-order valence-corrected chi connectivity index (χ3v) is 3.47. The first-order valence-corrected chi connectivity index (χ1v) is 6.64. The monoisotopic (exact) mass is 335 g/mol. The van der Waals surface area contributed by atoms with Gasteiger partial charge in [-0.25, -0.2) is 4.79 Å². The van der Waals surface area contributed by atoms with Gasteiger partial charge in [0.25, 0.3) is 0 Å². The zero-order valence-electron chi connectivity index (χ0n) is 10.7. The lowest BCUT2D eigenvalue weighted by Crippen LogP contribution is -2.08. The molecule has 21 heavy (non-hydrogen) atoms. The average molecular weight is 336 g/mol. The molecule has 2 rings (SSSR count). The van der Waals surface area contributed by atoms with Gasteiger partial charge in [0.1, 0.15) is 10.7 Å². The van der Waals surface area contributed by atoms with Crippen LogP contribution in [0.2, 0.25) is 5.15 Å². The van der Waals surface area contributed by atoms with Crippen LogP contribution in [-0.4, -0.2) is 17.6 Å². The lowest BCUT2D eigenvalue weighted by atomic mass is 10.1. The molecule has 0 atom stereocenters. The highest BCUT2D eigenvalue weighted by molar-refractivity contribution is 7.71. The third-order valence-electron chi connectivity index (χ3n) is 2.76. The Hall–Kier alpha value is -1.60. The SMILES string of the molecule is CCOC(=O)c1c(Cl)[nH]c2cc(C(F)(F)F)ccc2c1=S. The van der Waals surface area contributed by atoms with E-state index in [1.807, 2.05) is 0 Å². The van der Waals surface area contributed by atoms with Crippen LogP contribution < -0.4 is 0 Å². The van der Waals surface area contributed by atoms with Crippen LogP contribution >= 0.6 is 23.8 Å². The molecule has 0 bridgehead atoms. The number of aromatic nitrogens is 1. The maximum atomic E-state index is 12.7. The minimum atomic E-state index is -4.48. The van der Waals surface area contributed by atoms with Crippen LogP contribution in [0.4, 0.5) is 13.2 Å². The number of hydrogen-bond acceptors (Lipinski definition) is 3. The Morgan fingerprint density at radius 2 is 2.10 bits per heavy atom. The first-order valence-electron chi connectivity index (χ1n) is 5.85. The van der Waals surface area contributed by atoms with E-state index < -0.39 is 17.7 Å². The van der Waals surface area contributed by atoms with E-state index in [1.54, 1.807) is 6.92 Å². The minimum Gasteiger partial charge on any atom is -0.462 e. The van der Waals surface area contributed by atoms with Gasteiger partial charge in [-0.15, -0.1) is 0 Å².